The van der Waals surface area contributed by atoms with Crippen molar-refractivity contribution in [1.82, 2.24) is 20.5 Å². The molecule has 5 N–H and O–H groups in total. The fourth-order valence-corrected chi connectivity index (χ4v) is 4.35. The minimum Gasteiger partial charge on any atom is -0.477 e. The maximum Gasteiger partial charge on any atom is 0.352 e. The van der Waals surface area contributed by atoms with E-state index < -0.39 is 35.5 Å². The molecule has 0 fully saturated rings. The van der Waals surface area contributed by atoms with Gasteiger partial charge in [0.1, 0.15) is 23.2 Å². The Hall–Kier alpha value is -5.03. The number of aromatic carboxylic acids is 1. The standard InChI is InChI=1S/C28H20ClF2N5O4/c29-19-6-2-5-18(25(19)31)21-13-23(36-35-21)27(38)34-22(10-14-3-1-4-16(30)9-14)26(37)32-17-7-8-20-15(11-17)12-24(33-20)28(39)40/h1-9,11-13,22,33H,10H2,(H,32,37)(H,34,38)(H,35,36)(H,39,40)/t22-/m0/s1. The van der Waals surface area contributed by atoms with Gasteiger partial charge in [0.2, 0.25) is 5.91 Å². The number of nitrogens with one attached hydrogen (secondary N) is 4. The van der Waals surface area contributed by atoms with Crippen LogP contribution in [0, 0.1) is 11.6 Å². The Bertz CT molecular complexity index is 1770. The van der Waals surface area contributed by atoms with Gasteiger partial charge in [-0.2, -0.15) is 5.10 Å². The highest BCUT2D eigenvalue weighted by Gasteiger charge is 2.24. The van der Waals surface area contributed by atoms with Crippen molar-refractivity contribution in [2.24, 2.45) is 0 Å². The van der Waals surface area contributed by atoms with Crippen LogP contribution < -0.4 is 10.6 Å². The van der Waals surface area contributed by atoms with E-state index >= 15 is 0 Å². The van der Waals surface area contributed by atoms with Gasteiger partial charge in [0.15, 0.2) is 5.82 Å². The Kier molecular flexibility index (Phi) is 7.30. The molecular formula is C28H20ClF2N5O4. The highest BCUT2D eigenvalue weighted by atomic mass is 35.5. The van der Waals surface area contributed by atoms with Gasteiger partial charge in [-0.3, -0.25) is 14.7 Å². The topological polar surface area (TPSA) is 140 Å². The number of benzene rings is 3. The molecule has 202 valence electrons. The summed E-state index contributed by atoms with van der Waals surface area (Å²) in [5, 5.41) is 21.5. The zero-order valence-electron chi connectivity index (χ0n) is 20.5. The van der Waals surface area contributed by atoms with E-state index in [4.69, 9.17) is 11.6 Å². The number of amides is 2. The second-order valence-electron chi connectivity index (χ2n) is 8.91. The van der Waals surface area contributed by atoms with E-state index in [2.05, 4.69) is 25.8 Å². The van der Waals surface area contributed by atoms with Gasteiger partial charge in [0, 0.05) is 28.6 Å². The molecule has 9 nitrogen and oxygen atoms in total. The number of carbonyl (C=O) groups is 3. The molecule has 40 heavy (non-hydrogen) atoms. The zero-order chi connectivity index (χ0) is 28.4. The van der Waals surface area contributed by atoms with Gasteiger partial charge < -0.3 is 20.7 Å². The lowest BCUT2D eigenvalue weighted by molar-refractivity contribution is -0.118. The minimum atomic E-state index is -1.15. The van der Waals surface area contributed by atoms with E-state index in [-0.39, 0.29) is 34.1 Å². The first-order valence-corrected chi connectivity index (χ1v) is 12.3. The van der Waals surface area contributed by atoms with Crippen LogP contribution in [0.2, 0.25) is 5.02 Å². The first kappa shape index (κ1) is 26.6. The molecule has 0 spiro atoms. The summed E-state index contributed by atoms with van der Waals surface area (Å²) in [6.07, 6.45) is -0.0468. The number of aromatic amines is 2. The number of hydrogen-bond donors (Lipinski definition) is 5. The van der Waals surface area contributed by atoms with Crippen LogP contribution in [-0.4, -0.2) is 44.1 Å². The molecule has 1 atom stereocenters. The molecular weight excluding hydrogens is 544 g/mol. The van der Waals surface area contributed by atoms with Gasteiger partial charge in [-0.1, -0.05) is 29.8 Å². The first-order valence-electron chi connectivity index (χ1n) is 11.9. The van der Waals surface area contributed by atoms with Crippen molar-refractivity contribution in [1.29, 1.82) is 0 Å². The highest BCUT2D eigenvalue weighted by molar-refractivity contribution is 6.31. The van der Waals surface area contributed by atoms with E-state index in [0.717, 1.165) is 0 Å². The van der Waals surface area contributed by atoms with Gasteiger partial charge in [-0.15, -0.1) is 0 Å². The number of fused-ring (bicyclic) bond motifs is 1. The summed E-state index contributed by atoms with van der Waals surface area (Å²) in [5.41, 5.74) is 1.55. The number of carbonyl (C=O) groups excluding carboxylic acids is 2. The number of rotatable bonds is 8. The average molecular weight is 564 g/mol. The maximum absolute atomic E-state index is 14.4. The van der Waals surface area contributed by atoms with Crippen LogP contribution in [0.4, 0.5) is 14.5 Å². The molecule has 2 heterocycles. The average Bonchev–Trinajstić information content (AvgIpc) is 3.57. The van der Waals surface area contributed by atoms with E-state index in [1.165, 1.54) is 42.5 Å². The Labute approximate surface area is 230 Å². The van der Waals surface area contributed by atoms with Crippen LogP contribution in [0.15, 0.2) is 72.8 Å². The molecule has 5 aromatic rings. The number of carboxylic acid groups (broad SMARTS) is 1. The van der Waals surface area contributed by atoms with E-state index in [1.807, 2.05) is 0 Å². The van der Waals surface area contributed by atoms with Gasteiger partial charge >= 0.3 is 5.97 Å². The Morgan fingerprint density at radius 1 is 0.975 bits per heavy atom. The molecule has 0 saturated carbocycles. The SMILES string of the molecule is O=C(O)c1cc2cc(NC(=O)[C@H](Cc3cccc(F)c3)NC(=O)c3cc(-c4cccc(Cl)c4F)n[nH]3)ccc2[nH]1. The normalized spacial score (nSPS) is 11.8. The predicted octanol–water partition coefficient (Wildman–Crippen LogP) is 5.17. The van der Waals surface area contributed by atoms with Crippen molar-refractivity contribution in [2.75, 3.05) is 5.32 Å². The third kappa shape index (κ3) is 5.69. The number of aromatic nitrogens is 3. The van der Waals surface area contributed by atoms with E-state index in [0.29, 0.717) is 22.2 Å². The van der Waals surface area contributed by atoms with Crippen LogP contribution in [-0.2, 0) is 11.2 Å². The Morgan fingerprint density at radius 2 is 1.77 bits per heavy atom. The molecule has 5 rings (SSSR count). The van der Waals surface area contributed by atoms with Gasteiger partial charge in [0.25, 0.3) is 5.91 Å². The third-order valence-corrected chi connectivity index (χ3v) is 6.41. The van der Waals surface area contributed by atoms with Crippen molar-refractivity contribution in [3.05, 3.63) is 106 Å². The van der Waals surface area contributed by atoms with Crippen molar-refractivity contribution < 1.29 is 28.3 Å². The fourth-order valence-electron chi connectivity index (χ4n) is 4.18. The second kappa shape index (κ2) is 11.0. The molecule has 3 aromatic carbocycles. The molecule has 2 aromatic heterocycles. The molecule has 0 aliphatic rings. The fraction of sp³-hybridized carbons (Fsp3) is 0.0714. The number of hydrogen-bond acceptors (Lipinski definition) is 4. The van der Waals surface area contributed by atoms with E-state index in [9.17, 15) is 28.3 Å². The summed E-state index contributed by atoms with van der Waals surface area (Å²) in [6, 6.07) is 16.4. The van der Waals surface area contributed by atoms with Crippen molar-refractivity contribution >= 4 is 46.0 Å². The van der Waals surface area contributed by atoms with Gasteiger partial charge in [-0.25, -0.2) is 13.6 Å². The summed E-state index contributed by atoms with van der Waals surface area (Å²) in [5.74, 6) is -3.63. The highest BCUT2D eigenvalue weighted by Crippen LogP contribution is 2.26. The van der Waals surface area contributed by atoms with Gasteiger partial charge in [0.05, 0.1) is 10.7 Å². The number of nitrogens with zero attached hydrogens (tertiary/aromatic N) is 1. The van der Waals surface area contributed by atoms with Crippen molar-refractivity contribution in [3.8, 4) is 11.3 Å². The van der Waals surface area contributed by atoms with Crippen LogP contribution >= 0.6 is 11.6 Å². The van der Waals surface area contributed by atoms with Crippen LogP contribution in [0.3, 0.4) is 0 Å². The van der Waals surface area contributed by atoms with Crippen LogP contribution in [0.5, 0.6) is 0 Å². The number of carboxylic acids is 1. The Balaban J connectivity index is 1.38. The molecule has 0 aliphatic carbocycles. The molecule has 0 aliphatic heterocycles. The monoisotopic (exact) mass is 563 g/mol. The quantitative estimate of drug-likeness (QED) is 0.177. The van der Waals surface area contributed by atoms with E-state index in [1.54, 1.807) is 30.3 Å². The summed E-state index contributed by atoms with van der Waals surface area (Å²) >= 11 is 5.85. The summed E-state index contributed by atoms with van der Waals surface area (Å²) < 4.78 is 28.3. The lowest BCUT2D eigenvalue weighted by atomic mass is 10.0. The predicted molar refractivity (Wildman–Crippen MR) is 144 cm³/mol. The Morgan fingerprint density at radius 3 is 2.55 bits per heavy atom. The molecule has 0 saturated heterocycles. The van der Waals surface area contributed by atoms with Crippen LogP contribution in [0.25, 0.3) is 22.2 Å². The summed E-state index contributed by atoms with van der Waals surface area (Å²) in [7, 11) is 0. The first-order chi connectivity index (χ1) is 19.2. The number of H-pyrrole nitrogens is 2. The molecule has 0 radical (unpaired) electrons. The van der Waals surface area contributed by atoms with Crippen molar-refractivity contribution in [2.45, 2.75) is 12.5 Å². The molecule has 2 amide bonds. The lowest BCUT2D eigenvalue weighted by Gasteiger charge is -2.18. The molecule has 0 bridgehead atoms. The largest absolute Gasteiger partial charge is 0.477 e. The third-order valence-electron chi connectivity index (χ3n) is 6.12. The smallest absolute Gasteiger partial charge is 0.352 e. The molecule has 12 heteroatoms. The number of anilines is 1. The lowest BCUT2D eigenvalue weighted by Crippen LogP contribution is -2.45. The minimum absolute atomic E-state index is 0.00805. The van der Waals surface area contributed by atoms with Crippen LogP contribution in [0.1, 0.15) is 26.5 Å². The summed E-state index contributed by atoms with van der Waals surface area (Å²) in [4.78, 5) is 40.4. The maximum atomic E-state index is 14.4. The van der Waals surface area contributed by atoms with Gasteiger partial charge in [-0.05, 0) is 60.2 Å². The molecule has 0 unspecified atom stereocenters. The second-order valence-corrected chi connectivity index (χ2v) is 9.31. The number of halogens is 3. The summed E-state index contributed by atoms with van der Waals surface area (Å²) in [6.45, 7) is 0. The van der Waals surface area contributed by atoms with Crippen molar-refractivity contribution in [3.63, 3.8) is 0 Å². The zero-order valence-corrected chi connectivity index (χ0v) is 21.2.